The average molecular weight is 372 g/mol. The van der Waals surface area contributed by atoms with Crippen molar-refractivity contribution in [2.45, 2.75) is 13.3 Å². The number of carbonyl (C=O) groups excluding carboxylic acids is 1. The SMILES string of the molecule is CCc1nnnn1-c1ccccc1NC(=O)c1ccc(Br)cc1. The van der Waals surface area contributed by atoms with Gasteiger partial charge in [0, 0.05) is 16.5 Å². The first-order valence-corrected chi connectivity index (χ1v) is 7.92. The van der Waals surface area contributed by atoms with Gasteiger partial charge in [-0.05, 0) is 46.8 Å². The van der Waals surface area contributed by atoms with Crippen molar-refractivity contribution >= 4 is 27.5 Å². The highest BCUT2D eigenvalue weighted by Gasteiger charge is 2.13. The van der Waals surface area contributed by atoms with Gasteiger partial charge in [-0.2, -0.15) is 4.68 Å². The Hall–Kier alpha value is -2.54. The van der Waals surface area contributed by atoms with E-state index in [1.54, 1.807) is 16.8 Å². The van der Waals surface area contributed by atoms with Crippen molar-refractivity contribution in [3.05, 3.63) is 64.4 Å². The standard InChI is InChI=1S/C16H14BrN5O/c1-2-15-19-20-21-22(15)14-6-4-3-5-13(14)18-16(23)11-7-9-12(17)10-8-11/h3-10H,2H2,1H3,(H,18,23). The molecule has 0 atom stereocenters. The van der Waals surface area contributed by atoms with E-state index in [0.29, 0.717) is 17.7 Å². The fraction of sp³-hybridized carbons (Fsp3) is 0.125. The number of tetrazole rings is 1. The zero-order chi connectivity index (χ0) is 16.2. The summed E-state index contributed by atoms with van der Waals surface area (Å²) in [4.78, 5) is 12.4. The monoisotopic (exact) mass is 371 g/mol. The zero-order valence-corrected chi connectivity index (χ0v) is 14.0. The second-order valence-corrected chi connectivity index (χ2v) is 5.75. The Bertz CT molecular complexity index is 828. The molecule has 1 heterocycles. The van der Waals surface area contributed by atoms with Crippen LogP contribution in [-0.2, 0) is 6.42 Å². The number of hydrogen-bond donors (Lipinski definition) is 1. The second-order valence-electron chi connectivity index (χ2n) is 4.84. The number of nitrogens with zero attached hydrogens (tertiary/aromatic N) is 4. The number of halogens is 1. The van der Waals surface area contributed by atoms with Crippen LogP contribution in [0.3, 0.4) is 0 Å². The smallest absolute Gasteiger partial charge is 0.255 e. The Morgan fingerprint density at radius 2 is 1.91 bits per heavy atom. The minimum Gasteiger partial charge on any atom is -0.320 e. The highest BCUT2D eigenvalue weighted by atomic mass is 79.9. The molecule has 1 N–H and O–H groups in total. The first-order chi connectivity index (χ1) is 11.2. The number of rotatable bonds is 4. The minimum atomic E-state index is -0.184. The van der Waals surface area contributed by atoms with Gasteiger partial charge in [-0.15, -0.1) is 5.10 Å². The van der Waals surface area contributed by atoms with Crippen LogP contribution in [0.4, 0.5) is 5.69 Å². The van der Waals surface area contributed by atoms with Gasteiger partial charge >= 0.3 is 0 Å². The lowest BCUT2D eigenvalue weighted by Crippen LogP contribution is -2.14. The van der Waals surface area contributed by atoms with Crippen molar-refractivity contribution < 1.29 is 4.79 Å². The Labute approximate surface area is 141 Å². The van der Waals surface area contributed by atoms with Gasteiger partial charge in [-0.3, -0.25) is 4.79 Å². The third-order valence-corrected chi connectivity index (χ3v) is 3.87. The van der Waals surface area contributed by atoms with E-state index in [1.165, 1.54) is 0 Å². The van der Waals surface area contributed by atoms with Crippen molar-refractivity contribution in [3.8, 4) is 5.69 Å². The third-order valence-electron chi connectivity index (χ3n) is 3.34. The molecule has 0 fully saturated rings. The molecule has 3 rings (SSSR count). The minimum absolute atomic E-state index is 0.184. The highest BCUT2D eigenvalue weighted by molar-refractivity contribution is 9.10. The number of aryl methyl sites for hydroxylation is 1. The summed E-state index contributed by atoms with van der Waals surface area (Å²) in [7, 11) is 0. The average Bonchev–Trinajstić information content (AvgIpc) is 3.04. The molecular weight excluding hydrogens is 358 g/mol. The first kappa shape index (κ1) is 15.4. The van der Waals surface area contributed by atoms with E-state index >= 15 is 0 Å². The van der Waals surface area contributed by atoms with Crippen molar-refractivity contribution in [3.63, 3.8) is 0 Å². The molecular formula is C16H14BrN5O. The molecule has 0 aliphatic heterocycles. The van der Waals surface area contributed by atoms with Crippen LogP contribution in [0, 0.1) is 0 Å². The lowest BCUT2D eigenvalue weighted by molar-refractivity contribution is 0.102. The quantitative estimate of drug-likeness (QED) is 0.763. The maximum absolute atomic E-state index is 12.4. The van der Waals surface area contributed by atoms with Crippen LogP contribution in [0.25, 0.3) is 5.69 Å². The number of benzene rings is 2. The van der Waals surface area contributed by atoms with E-state index in [9.17, 15) is 4.79 Å². The van der Waals surface area contributed by atoms with Gasteiger partial charge in [0.2, 0.25) is 0 Å². The van der Waals surface area contributed by atoms with Crippen molar-refractivity contribution in [1.29, 1.82) is 0 Å². The van der Waals surface area contributed by atoms with E-state index in [2.05, 4.69) is 36.8 Å². The molecule has 0 bridgehead atoms. The molecule has 0 spiro atoms. The van der Waals surface area contributed by atoms with E-state index in [4.69, 9.17) is 0 Å². The number of anilines is 1. The van der Waals surface area contributed by atoms with Gasteiger partial charge in [0.1, 0.15) is 0 Å². The summed E-state index contributed by atoms with van der Waals surface area (Å²) in [5, 5.41) is 14.6. The van der Waals surface area contributed by atoms with E-state index in [0.717, 1.165) is 16.0 Å². The molecule has 2 aromatic carbocycles. The fourth-order valence-corrected chi connectivity index (χ4v) is 2.44. The van der Waals surface area contributed by atoms with E-state index < -0.39 is 0 Å². The molecule has 0 saturated carbocycles. The molecule has 0 aliphatic rings. The Morgan fingerprint density at radius 3 is 2.65 bits per heavy atom. The van der Waals surface area contributed by atoms with Crippen LogP contribution < -0.4 is 5.32 Å². The topological polar surface area (TPSA) is 72.7 Å². The predicted molar refractivity (Wildman–Crippen MR) is 90.6 cm³/mol. The Kier molecular flexibility index (Phi) is 4.47. The molecule has 23 heavy (non-hydrogen) atoms. The molecule has 0 unspecified atom stereocenters. The van der Waals surface area contributed by atoms with Crippen LogP contribution >= 0.6 is 15.9 Å². The van der Waals surface area contributed by atoms with E-state index in [-0.39, 0.29) is 5.91 Å². The van der Waals surface area contributed by atoms with Crippen molar-refractivity contribution in [1.82, 2.24) is 20.2 Å². The number of nitrogens with one attached hydrogen (secondary N) is 1. The summed E-state index contributed by atoms with van der Waals surface area (Å²) in [6.07, 6.45) is 0.696. The van der Waals surface area contributed by atoms with Crippen LogP contribution in [0.15, 0.2) is 53.0 Å². The molecule has 6 nitrogen and oxygen atoms in total. The largest absolute Gasteiger partial charge is 0.320 e. The number of carbonyl (C=O) groups is 1. The summed E-state index contributed by atoms with van der Waals surface area (Å²) in [5.41, 5.74) is 1.97. The van der Waals surface area contributed by atoms with Gasteiger partial charge < -0.3 is 5.32 Å². The van der Waals surface area contributed by atoms with Crippen LogP contribution in [-0.4, -0.2) is 26.1 Å². The summed E-state index contributed by atoms with van der Waals surface area (Å²) < 4.78 is 2.56. The molecule has 0 aliphatic carbocycles. The predicted octanol–water partition coefficient (Wildman–Crippen LogP) is 3.24. The summed E-state index contributed by atoms with van der Waals surface area (Å²) >= 11 is 3.36. The van der Waals surface area contributed by atoms with Crippen molar-refractivity contribution in [2.24, 2.45) is 0 Å². The summed E-state index contributed by atoms with van der Waals surface area (Å²) in [6, 6.07) is 14.6. The second kappa shape index (κ2) is 6.70. The lowest BCUT2D eigenvalue weighted by atomic mass is 10.2. The maximum atomic E-state index is 12.4. The zero-order valence-electron chi connectivity index (χ0n) is 12.4. The van der Waals surface area contributed by atoms with Gasteiger partial charge in [0.15, 0.2) is 5.82 Å². The van der Waals surface area contributed by atoms with Gasteiger partial charge in [0.25, 0.3) is 5.91 Å². The first-order valence-electron chi connectivity index (χ1n) is 7.12. The molecule has 0 saturated heterocycles. The number of aromatic nitrogens is 4. The highest BCUT2D eigenvalue weighted by Crippen LogP contribution is 2.21. The number of para-hydroxylation sites is 2. The Balaban J connectivity index is 1.92. The van der Waals surface area contributed by atoms with Crippen molar-refractivity contribution in [2.75, 3.05) is 5.32 Å². The molecule has 3 aromatic rings. The normalized spacial score (nSPS) is 10.5. The number of hydrogen-bond acceptors (Lipinski definition) is 4. The maximum Gasteiger partial charge on any atom is 0.255 e. The summed E-state index contributed by atoms with van der Waals surface area (Å²) in [5.74, 6) is 0.548. The van der Waals surface area contributed by atoms with Gasteiger partial charge in [-0.1, -0.05) is 35.0 Å². The Morgan fingerprint density at radius 1 is 1.17 bits per heavy atom. The molecule has 1 amide bonds. The third kappa shape index (κ3) is 3.29. The van der Waals surface area contributed by atoms with Crippen LogP contribution in [0.5, 0.6) is 0 Å². The van der Waals surface area contributed by atoms with Crippen LogP contribution in [0.2, 0.25) is 0 Å². The van der Waals surface area contributed by atoms with Gasteiger partial charge in [0.05, 0.1) is 11.4 Å². The molecule has 116 valence electrons. The fourth-order valence-electron chi connectivity index (χ4n) is 2.17. The van der Waals surface area contributed by atoms with Gasteiger partial charge in [-0.25, -0.2) is 0 Å². The molecule has 7 heteroatoms. The molecule has 0 radical (unpaired) electrons. The van der Waals surface area contributed by atoms with Crippen LogP contribution in [0.1, 0.15) is 23.1 Å². The number of amides is 1. The lowest BCUT2D eigenvalue weighted by Gasteiger charge is -2.11. The molecule has 1 aromatic heterocycles. The summed E-state index contributed by atoms with van der Waals surface area (Å²) in [6.45, 7) is 1.98. The van der Waals surface area contributed by atoms with E-state index in [1.807, 2.05) is 43.3 Å².